The van der Waals surface area contributed by atoms with Crippen molar-refractivity contribution in [1.29, 1.82) is 0 Å². The van der Waals surface area contributed by atoms with Gasteiger partial charge in [-0.15, -0.1) is 0 Å². The third kappa shape index (κ3) is 5.88. The third-order valence-corrected chi connectivity index (χ3v) is 6.32. The van der Waals surface area contributed by atoms with Crippen LogP contribution in [0.1, 0.15) is 43.6 Å². The van der Waals surface area contributed by atoms with Gasteiger partial charge in [0.15, 0.2) is 0 Å². The monoisotopic (exact) mass is 473 g/mol. The van der Waals surface area contributed by atoms with Crippen LogP contribution in [-0.4, -0.2) is 81.9 Å². The van der Waals surface area contributed by atoms with Crippen LogP contribution in [-0.2, 0) is 16.1 Å². The highest BCUT2D eigenvalue weighted by Crippen LogP contribution is 2.27. The number of hydrogen-bond acceptors (Lipinski definition) is 4. The lowest BCUT2D eigenvalue weighted by Crippen LogP contribution is -2.56. The van der Waals surface area contributed by atoms with Crippen molar-refractivity contribution in [2.45, 2.75) is 45.7 Å². The lowest BCUT2D eigenvalue weighted by atomic mass is 9.92. The number of carbonyl (C=O) groups excluding carboxylic acids is 1. The van der Waals surface area contributed by atoms with Crippen molar-refractivity contribution < 1.29 is 29.3 Å². The first-order valence-corrected chi connectivity index (χ1v) is 11.8. The molecule has 1 aliphatic heterocycles. The molecule has 1 aromatic carbocycles. The molecule has 0 saturated carbocycles. The van der Waals surface area contributed by atoms with E-state index in [1.807, 2.05) is 48.7 Å². The van der Waals surface area contributed by atoms with Crippen LogP contribution in [0.25, 0.3) is 10.9 Å². The van der Waals surface area contributed by atoms with Crippen molar-refractivity contribution in [2.24, 2.45) is 11.8 Å². The molecular weight excluding hydrogens is 438 g/mol. The molecule has 1 aromatic heterocycles. The molecular formula is C25H35N3O6. The number of methoxy groups -OCH3 is 1. The number of para-hydroxylation sites is 1. The summed E-state index contributed by atoms with van der Waals surface area (Å²) in [5.41, 5.74) is 1.51. The lowest BCUT2D eigenvalue weighted by molar-refractivity contribution is -0.144. The molecule has 0 radical (unpaired) electrons. The molecule has 0 bridgehead atoms. The maximum Gasteiger partial charge on any atom is 0.407 e. The highest BCUT2D eigenvalue weighted by molar-refractivity contribution is 5.99. The van der Waals surface area contributed by atoms with E-state index in [2.05, 4.69) is 0 Å². The predicted molar refractivity (Wildman–Crippen MR) is 128 cm³/mol. The number of carboxylic acid groups (broad SMARTS) is 2. The van der Waals surface area contributed by atoms with Crippen molar-refractivity contribution in [3.8, 4) is 0 Å². The number of rotatable bonds is 10. The zero-order valence-corrected chi connectivity index (χ0v) is 20.1. The molecule has 2 aromatic rings. The van der Waals surface area contributed by atoms with Crippen LogP contribution in [0.15, 0.2) is 30.3 Å². The van der Waals surface area contributed by atoms with Gasteiger partial charge in [0.25, 0.3) is 5.91 Å². The maximum atomic E-state index is 14.0. The fourth-order valence-electron chi connectivity index (χ4n) is 4.72. The Morgan fingerprint density at radius 2 is 1.88 bits per heavy atom. The van der Waals surface area contributed by atoms with Crippen LogP contribution >= 0.6 is 0 Å². The Hall–Kier alpha value is -3.07. The van der Waals surface area contributed by atoms with E-state index in [1.165, 1.54) is 0 Å². The molecule has 2 N–H and O–H groups in total. The molecule has 1 saturated heterocycles. The van der Waals surface area contributed by atoms with Crippen LogP contribution < -0.4 is 0 Å². The van der Waals surface area contributed by atoms with Gasteiger partial charge in [0, 0.05) is 50.8 Å². The Kier molecular flexibility index (Phi) is 8.55. The first-order chi connectivity index (χ1) is 16.2. The highest BCUT2D eigenvalue weighted by Gasteiger charge is 2.39. The minimum atomic E-state index is -1.17. The zero-order chi connectivity index (χ0) is 24.8. The Balaban J connectivity index is 1.97. The van der Waals surface area contributed by atoms with Crippen molar-refractivity contribution in [1.82, 2.24) is 14.4 Å². The second-order valence-corrected chi connectivity index (χ2v) is 9.40. The summed E-state index contributed by atoms with van der Waals surface area (Å²) in [4.78, 5) is 40.3. The fraction of sp³-hybridized carbons (Fsp3) is 0.560. The summed E-state index contributed by atoms with van der Waals surface area (Å²) in [6, 6.07) is 9.20. The Bertz CT molecular complexity index is 995. The second-order valence-electron chi connectivity index (χ2n) is 9.40. The van der Waals surface area contributed by atoms with Crippen LogP contribution in [0.3, 0.4) is 0 Å². The predicted octanol–water partition coefficient (Wildman–Crippen LogP) is 3.62. The Morgan fingerprint density at radius 1 is 1.15 bits per heavy atom. The van der Waals surface area contributed by atoms with Gasteiger partial charge in [0.1, 0.15) is 5.69 Å². The molecule has 186 valence electrons. The van der Waals surface area contributed by atoms with Crippen LogP contribution in [0.5, 0.6) is 0 Å². The van der Waals surface area contributed by atoms with E-state index >= 15 is 0 Å². The summed E-state index contributed by atoms with van der Waals surface area (Å²) in [7, 11) is 1.67. The molecule has 9 heteroatoms. The van der Waals surface area contributed by atoms with Crippen LogP contribution in [0.2, 0.25) is 0 Å². The Labute approximate surface area is 199 Å². The number of ether oxygens (including phenoxy) is 1. The van der Waals surface area contributed by atoms with Gasteiger partial charge >= 0.3 is 12.1 Å². The molecule has 1 fully saturated rings. The molecule has 34 heavy (non-hydrogen) atoms. The van der Waals surface area contributed by atoms with Gasteiger partial charge in [-0.25, -0.2) is 4.79 Å². The van der Waals surface area contributed by atoms with Crippen molar-refractivity contribution in [3.05, 3.63) is 36.0 Å². The topological polar surface area (TPSA) is 112 Å². The standard InChI is InChI=1S/C25H35N3O6/c1-17(2)14-28(20-12-19(24(30)31)15-26(16-20)25(32)33)23(29)22-13-18-8-4-5-9-21(18)27(22)10-6-7-11-34-3/h4-5,8-9,13,17,19-20H,6-7,10-12,14-16H2,1-3H3,(H,30,31)(H,32,33)/t19-,20+/m1/s1. The van der Waals surface area contributed by atoms with Gasteiger partial charge in [0.05, 0.1) is 12.0 Å². The summed E-state index contributed by atoms with van der Waals surface area (Å²) in [6.07, 6.45) is 0.767. The molecule has 2 amide bonds. The average molecular weight is 474 g/mol. The summed E-state index contributed by atoms with van der Waals surface area (Å²) in [6.45, 7) is 5.73. The Morgan fingerprint density at radius 3 is 2.53 bits per heavy atom. The minimum Gasteiger partial charge on any atom is -0.481 e. The number of likely N-dealkylation sites (tertiary alicyclic amines) is 1. The number of fused-ring (bicyclic) bond motifs is 1. The van der Waals surface area contributed by atoms with Crippen LogP contribution in [0, 0.1) is 11.8 Å². The van der Waals surface area contributed by atoms with E-state index in [-0.39, 0.29) is 31.3 Å². The number of piperidine rings is 1. The van der Waals surface area contributed by atoms with Crippen LogP contribution in [0.4, 0.5) is 4.79 Å². The number of hydrogen-bond donors (Lipinski definition) is 2. The SMILES string of the molecule is COCCCCn1c(C(=O)N(CC(C)C)[C@H]2C[C@@H](C(=O)O)CN(C(=O)O)C2)cc2ccccc21. The van der Waals surface area contributed by atoms with E-state index in [4.69, 9.17) is 4.74 Å². The number of aliphatic carboxylic acids is 1. The smallest absolute Gasteiger partial charge is 0.407 e. The first-order valence-electron chi connectivity index (χ1n) is 11.8. The van der Waals surface area contributed by atoms with E-state index in [1.54, 1.807) is 12.0 Å². The van der Waals surface area contributed by atoms with Gasteiger partial charge in [0.2, 0.25) is 0 Å². The van der Waals surface area contributed by atoms with Gasteiger partial charge < -0.3 is 29.3 Å². The lowest BCUT2D eigenvalue weighted by Gasteiger charge is -2.41. The number of unbranched alkanes of at least 4 members (excludes halogenated alkanes) is 1. The molecule has 3 rings (SSSR count). The number of carboxylic acids is 1. The molecule has 1 aliphatic rings. The third-order valence-electron chi connectivity index (χ3n) is 6.32. The summed E-state index contributed by atoms with van der Waals surface area (Å²) < 4.78 is 7.18. The summed E-state index contributed by atoms with van der Waals surface area (Å²) >= 11 is 0. The number of amides is 2. The average Bonchev–Trinajstić information content (AvgIpc) is 3.18. The number of carbonyl (C=O) groups is 3. The van der Waals surface area contributed by atoms with Crippen molar-refractivity contribution in [2.75, 3.05) is 33.4 Å². The minimum absolute atomic E-state index is 0.0648. The first kappa shape index (κ1) is 25.6. The molecule has 0 spiro atoms. The van der Waals surface area contributed by atoms with E-state index in [0.717, 1.165) is 28.6 Å². The maximum absolute atomic E-state index is 14.0. The number of benzene rings is 1. The van der Waals surface area contributed by atoms with E-state index in [0.29, 0.717) is 25.4 Å². The molecule has 2 atom stereocenters. The number of aromatic nitrogens is 1. The van der Waals surface area contributed by atoms with Gasteiger partial charge in [-0.3, -0.25) is 9.59 Å². The highest BCUT2D eigenvalue weighted by atomic mass is 16.5. The molecule has 9 nitrogen and oxygen atoms in total. The summed E-state index contributed by atoms with van der Waals surface area (Å²) in [5, 5.41) is 20.1. The number of nitrogens with zero attached hydrogens (tertiary/aromatic N) is 3. The van der Waals surface area contributed by atoms with Crippen molar-refractivity contribution in [3.63, 3.8) is 0 Å². The molecule has 2 heterocycles. The second kappa shape index (κ2) is 11.4. The largest absolute Gasteiger partial charge is 0.481 e. The zero-order valence-electron chi connectivity index (χ0n) is 20.1. The molecule has 0 unspecified atom stereocenters. The van der Waals surface area contributed by atoms with Crippen molar-refractivity contribution >= 4 is 28.9 Å². The van der Waals surface area contributed by atoms with Gasteiger partial charge in [-0.1, -0.05) is 32.0 Å². The quantitative estimate of drug-likeness (QED) is 0.510. The number of aryl methyl sites for hydroxylation is 1. The molecule has 0 aliphatic carbocycles. The fourth-order valence-corrected chi connectivity index (χ4v) is 4.72. The van der Waals surface area contributed by atoms with E-state index in [9.17, 15) is 24.6 Å². The van der Waals surface area contributed by atoms with Gasteiger partial charge in [-0.2, -0.15) is 0 Å². The summed E-state index contributed by atoms with van der Waals surface area (Å²) in [5.74, 6) is -1.96. The van der Waals surface area contributed by atoms with Gasteiger partial charge in [-0.05, 0) is 37.3 Å². The normalized spacial score (nSPS) is 18.4. The van der Waals surface area contributed by atoms with E-state index < -0.39 is 24.0 Å².